The van der Waals surface area contributed by atoms with E-state index in [4.69, 9.17) is 0 Å². The van der Waals surface area contributed by atoms with Crippen molar-refractivity contribution in [3.63, 3.8) is 0 Å². The van der Waals surface area contributed by atoms with Crippen molar-refractivity contribution >= 4 is 0 Å². The molecule has 1 aromatic carbocycles. The van der Waals surface area contributed by atoms with Gasteiger partial charge in [-0.15, -0.1) is 0 Å². The van der Waals surface area contributed by atoms with Gasteiger partial charge in [0.15, 0.2) is 0 Å². The number of hydrogen-bond acceptors (Lipinski definition) is 1. The minimum absolute atomic E-state index is 0.991. The van der Waals surface area contributed by atoms with Gasteiger partial charge in [0.05, 0.1) is 11.9 Å². The van der Waals surface area contributed by atoms with Crippen LogP contribution in [-0.2, 0) is 12.8 Å². The zero-order valence-corrected chi connectivity index (χ0v) is 10.5. The summed E-state index contributed by atoms with van der Waals surface area (Å²) < 4.78 is 0. The zero-order chi connectivity index (χ0) is 11.8. The van der Waals surface area contributed by atoms with Crippen molar-refractivity contribution in [2.24, 2.45) is 0 Å². The number of aromatic nitrogens is 2. The molecule has 0 radical (unpaired) electrons. The predicted molar refractivity (Wildman–Crippen MR) is 70.1 cm³/mol. The van der Waals surface area contributed by atoms with Crippen molar-refractivity contribution in [2.75, 3.05) is 0 Å². The highest BCUT2D eigenvalue weighted by Gasteiger charge is 2.16. The first-order valence-electron chi connectivity index (χ1n) is 6.39. The van der Waals surface area contributed by atoms with Crippen LogP contribution in [0.2, 0.25) is 0 Å². The van der Waals surface area contributed by atoms with Crippen LogP contribution in [0.3, 0.4) is 0 Å². The van der Waals surface area contributed by atoms with Crippen molar-refractivity contribution in [3.8, 4) is 11.3 Å². The highest BCUT2D eigenvalue weighted by molar-refractivity contribution is 5.66. The van der Waals surface area contributed by atoms with Crippen molar-refractivity contribution in [2.45, 2.75) is 39.5 Å². The fourth-order valence-electron chi connectivity index (χ4n) is 2.86. The molecule has 2 nitrogen and oxygen atoms in total. The standard InChI is InChI=1S/C15H18N2/c1-10-7-8-14(15-9-16-11(2)17-15)13-6-4-3-5-12(10)13/h7-9H,3-6H2,1-2H3,(H,16,17). The first-order valence-corrected chi connectivity index (χ1v) is 6.39. The number of H-pyrrole nitrogens is 1. The minimum atomic E-state index is 0.991. The van der Waals surface area contributed by atoms with Crippen LogP contribution in [0.4, 0.5) is 0 Å². The summed E-state index contributed by atoms with van der Waals surface area (Å²) >= 11 is 0. The maximum atomic E-state index is 4.31. The molecule has 0 spiro atoms. The van der Waals surface area contributed by atoms with Gasteiger partial charge in [-0.2, -0.15) is 0 Å². The fourth-order valence-corrected chi connectivity index (χ4v) is 2.86. The van der Waals surface area contributed by atoms with Gasteiger partial charge in [0.25, 0.3) is 0 Å². The molecule has 0 atom stereocenters. The molecular weight excluding hydrogens is 208 g/mol. The lowest BCUT2D eigenvalue weighted by Gasteiger charge is -2.21. The smallest absolute Gasteiger partial charge is 0.103 e. The van der Waals surface area contributed by atoms with Gasteiger partial charge in [-0.25, -0.2) is 4.98 Å². The van der Waals surface area contributed by atoms with E-state index in [1.54, 1.807) is 11.1 Å². The monoisotopic (exact) mass is 226 g/mol. The van der Waals surface area contributed by atoms with Crippen molar-refractivity contribution in [3.05, 3.63) is 40.8 Å². The van der Waals surface area contributed by atoms with Crippen molar-refractivity contribution in [1.29, 1.82) is 0 Å². The zero-order valence-electron chi connectivity index (χ0n) is 10.5. The lowest BCUT2D eigenvalue weighted by Crippen LogP contribution is -2.06. The predicted octanol–water partition coefficient (Wildman–Crippen LogP) is 3.57. The Balaban J connectivity index is 2.17. The van der Waals surface area contributed by atoms with Crippen molar-refractivity contribution < 1.29 is 0 Å². The maximum Gasteiger partial charge on any atom is 0.103 e. The molecule has 2 heteroatoms. The molecule has 0 saturated carbocycles. The molecule has 88 valence electrons. The molecule has 1 aliphatic carbocycles. The van der Waals surface area contributed by atoms with E-state index in [2.05, 4.69) is 29.0 Å². The minimum Gasteiger partial charge on any atom is -0.342 e. The van der Waals surface area contributed by atoms with Gasteiger partial charge in [-0.05, 0) is 56.2 Å². The second-order valence-corrected chi connectivity index (χ2v) is 4.98. The highest BCUT2D eigenvalue weighted by atomic mass is 14.9. The second-order valence-electron chi connectivity index (χ2n) is 4.98. The van der Waals surface area contributed by atoms with Gasteiger partial charge < -0.3 is 4.98 Å². The Morgan fingerprint density at radius 2 is 1.82 bits per heavy atom. The van der Waals surface area contributed by atoms with Gasteiger partial charge in [0.1, 0.15) is 5.82 Å². The van der Waals surface area contributed by atoms with Gasteiger partial charge in [-0.3, -0.25) is 0 Å². The summed E-state index contributed by atoms with van der Waals surface area (Å²) in [4.78, 5) is 7.66. The number of aromatic amines is 1. The summed E-state index contributed by atoms with van der Waals surface area (Å²) in [7, 11) is 0. The molecular formula is C15H18N2. The normalized spacial score (nSPS) is 14.7. The Hall–Kier alpha value is -1.57. The molecule has 1 heterocycles. The van der Waals surface area contributed by atoms with E-state index in [9.17, 15) is 0 Å². The molecule has 0 bridgehead atoms. The number of fused-ring (bicyclic) bond motifs is 1. The van der Waals surface area contributed by atoms with E-state index in [1.807, 2.05) is 13.1 Å². The van der Waals surface area contributed by atoms with E-state index < -0.39 is 0 Å². The molecule has 1 aromatic heterocycles. The average molecular weight is 226 g/mol. The Bertz CT molecular complexity index is 552. The third-order valence-electron chi connectivity index (χ3n) is 3.76. The maximum absolute atomic E-state index is 4.31. The van der Waals surface area contributed by atoms with Crippen LogP contribution in [-0.4, -0.2) is 9.97 Å². The van der Waals surface area contributed by atoms with E-state index in [0.717, 1.165) is 5.82 Å². The largest absolute Gasteiger partial charge is 0.342 e. The Morgan fingerprint density at radius 1 is 1.06 bits per heavy atom. The van der Waals surface area contributed by atoms with Crippen LogP contribution in [0.5, 0.6) is 0 Å². The number of hydrogen-bond donors (Lipinski definition) is 1. The summed E-state index contributed by atoms with van der Waals surface area (Å²) in [5, 5.41) is 0. The number of benzene rings is 1. The summed E-state index contributed by atoms with van der Waals surface area (Å²) in [5.74, 6) is 0.991. The number of imidazole rings is 1. The van der Waals surface area contributed by atoms with Crippen LogP contribution in [0, 0.1) is 13.8 Å². The van der Waals surface area contributed by atoms with Crippen LogP contribution >= 0.6 is 0 Å². The third kappa shape index (κ3) is 1.78. The second kappa shape index (κ2) is 4.02. The molecule has 3 rings (SSSR count). The molecule has 0 fully saturated rings. The van der Waals surface area contributed by atoms with Crippen LogP contribution in [0.25, 0.3) is 11.3 Å². The summed E-state index contributed by atoms with van der Waals surface area (Å²) in [6.45, 7) is 4.23. The lowest BCUT2D eigenvalue weighted by atomic mass is 9.85. The number of rotatable bonds is 1. The first-order chi connectivity index (χ1) is 8.25. The number of aryl methyl sites for hydroxylation is 2. The first kappa shape index (κ1) is 10.6. The molecule has 0 aliphatic heterocycles. The molecule has 0 amide bonds. The summed E-state index contributed by atoms with van der Waals surface area (Å²) in [5.41, 5.74) is 7.08. The van der Waals surface area contributed by atoms with Crippen LogP contribution in [0.15, 0.2) is 18.3 Å². The summed E-state index contributed by atoms with van der Waals surface area (Å²) in [6.07, 6.45) is 7.05. The van der Waals surface area contributed by atoms with E-state index in [1.165, 1.54) is 42.5 Å². The topological polar surface area (TPSA) is 28.7 Å². The molecule has 2 aromatic rings. The molecule has 1 aliphatic rings. The Kier molecular flexibility index (Phi) is 2.50. The SMILES string of the molecule is Cc1ncc(-c2ccc(C)c3c2CCCC3)[nH]1. The molecule has 0 saturated heterocycles. The summed E-state index contributed by atoms with van der Waals surface area (Å²) in [6, 6.07) is 4.49. The Morgan fingerprint density at radius 3 is 2.53 bits per heavy atom. The van der Waals surface area contributed by atoms with E-state index in [-0.39, 0.29) is 0 Å². The van der Waals surface area contributed by atoms with Gasteiger partial charge in [0.2, 0.25) is 0 Å². The molecule has 0 unspecified atom stereocenters. The van der Waals surface area contributed by atoms with E-state index >= 15 is 0 Å². The Labute approximate surface area is 102 Å². The highest BCUT2D eigenvalue weighted by Crippen LogP contribution is 2.32. The molecule has 1 N–H and O–H groups in total. The number of nitrogens with one attached hydrogen (secondary N) is 1. The average Bonchev–Trinajstić information content (AvgIpc) is 2.77. The van der Waals surface area contributed by atoms with Gasteiger partial charge in [-0.1, -0.05) is 12.1 Å². The fraction of sp³-hybridized carbons (Fsp3) is 0.400. The van der Waals surface area contributed by atoms with E-state index in [0.29, 0.717) is 0 Å². The molecule has 17 heavy (non-hydrogen) atoms. The lowest BCUT2D eigenvalue weighted by molar-refractivity contribution is 0.683. The van der Waals surface area contributed by atoms with Gasteiger partial charge in [0, 0.05) is 5.56 Å². The quantitative estimate of drug-likeness (QED) is 0.791. The number of nitrogens with zero attached hydrogens (tertiary/aromatic N) is 1. The van der Waals surface area contributed by atoms with Gasteiger partial charge >= 0.3 is 0 Å². The third-order valence-corrected chi connectivity index (χ3v) is 3.76. The van der Waals surface area contributed by atoms with Crippen LogP contribution < -0.4 is 0 Å². The van der Waals surface area contributed by atoms with Crippen molar-refractivity contribution in [1.82, 2.24) is 9.97 Å². The van der Waals surface area contributed by atoms with Crippen LogP contribution in [0.1, 0.15) is 35.4 Å².